The molecule has 100 valence electrons. The second kappa shape index (κ2) is 4.65. The van der Waals surface area contributed by atoms with Crippen LogP contribution in [0.4, 0.5) is 0 Å². The number of aromatic hydroxyl groups is 1. The molecule has 4 unspecified atom stereocenters. The van der Waals surface area contributed by atoms with Gasteiger partial charge in [0.2, 0.25) is 11.5 Å². The van der Waals surface area contributed by atoms with Gasteiger partial charge in [-0.15, -0.1) is 0 Å². The van der Waals surface area contributed by atoms with Crippen LogP contribution < -0.4 is 15.6 Å². The molecule has 0 amide bonds. The number of hydrogen-bond acceptors (Lipinski definition) is 8. The summed E-state index contributed by atoms with van der Waals surface area (Å²) in [6.07, 6.45) is -4.90. The molecule has 1 heterocycles. The van der Waals surface area contributed by atoms with Gasteiger partial charge in [-0.1, -0.05) is 0 Å². The van der Waals surface area contributed by atoms with Gasteiger partial charge in [-0.2, -0.15) is 0 Å². The largest absolute Gasteiger partial charge is 0.501 e. The molecule has 0 radical (unpaired) electrons. The molecule has 4 N–H and O–H groups in total. The van der Waals surface area contributed by atoms with E-state index in [0.717, 1.165) is 0 Å². The van der Waals surface area contributed by atoms with Crippen molar-refractivity contribution in [1.82, 2.24) is 0 Å². The minimum absolute atomic E-state index is 0.00555. The Morgan fingerprint density at radius 3 is 2.44 bits per heavy atom. The number of hydrogen-bond donors (Lipinski definition) is 4. The van der Waals surface area contributed by atoms with Crippen LogP contribution in [-0.2, 0) is 4.74 Å². The highest BCUT2D eigenvalue weighted by Gasteiger charge is 2.36. The number of aliphatic hydroxyl groups excluding tert-OH is 3. The van der Waals surface area contributed by atoms with Crippen molar-refractivity contribution in [2.24, 2.45) is 0 Å². The maximum absolute atomic E-state index is 11.0. The highest BCUT2D eigenvalue weighted by Crippen LogP contribution is 2.22. The second-order valence-electron chi connectivity index (χ2n) is 4.09. The van der Waals surface area contributed by atoms with E-state index in [-0.39, 0.29) is 13.0 Å². The molecule has 8 heteroatoms. The van der Waals surface area contributed by atoms with Gasteiger partial charge in [0.05, 0.1) is 12.2 Å². The minimum Gasteiger partial charge on any atom is -0.501 e. The summed E-state index contributed by atoms with van der Waals surface area (Å²) < 4.78 is 9.78. The summed E-state index contributed by atoms with van der Waals surface area (Å²) in [5, 5.41) is 36.8. The first-order chi connectivity index (χ1) is 8.41. The molecule has 0 aromatic heterocycles. The Hall–Kier alpha value is -1.48. The van der Waals surface area contributed by atoms with Gasteiger partial charge >= 0.3 is 0 Å². The van der Waals surface area contributed by atoms with Crippen molar-refractivity contribution >= 4 is 0 Å². The smallest absolute Gasteiger partial charge is 0.275 e. The van der Waals surface area contributed by atoms with Crippen molar-refractivity contribution in [2.75, 3.05) is 6.61 Å². The van der Waals surface area contributed by atoms with Crippen LogP contribution in [0, 0.1) is 0 Å². The molecule has 1 aliphatic rings. The molecule has 1 aliphatic heterocycles. The van der Waals surface area contributed by atoms with Crippen LogP contribution in [0.15, 0.2) is 9.59 Å². The lowest BCUT2D eigenvalue weighted by Gasteiger charge is -2.34. The fourth-order valence-electron chi connectivity index (χ4n) is 1.71. The van der Waals surface area contributed by atoms with Gasteiger partial charge in [0.15, 0.2) is 6.29 Å². The SMILES string of the molecule is O=c1c(O)c(OCC2CC(O)C(O)C(O)O2)c1=O. The first-order valence-corrected chi connectivity index (χ1v) is 5.26. The van der Waals surface area contributed by atoms with Crippen LogP contribution in [0.5, 0.6) is 11.5 Å². The lowest BCUT2D eigenvalue weighted by molar-refractivity contribution is -0.250. The van der Waals surface area contributed by atoms with E-state index in [1.165, 1.54) is 0 Å². The van der Waals surface area contributed by atoms with Crippen LogP contribution in [-0.4, -0.2) is 51.6 Å². The normalized spacial score (nSPS) is 32.6. The zero-order valence-corrected chi connectivity index (χ0v) is 9.15. The minimum atomic E-state index is -1.55. The zero-order valence-electron chi connectivity index (χ0n) is 9.15. The summed E-state index contributed by atoms with van der Waals surface area (Å²) in [6.45, 7) is -0.237. The van der Waals surface area contributed by atoms with Crippen molar-refractivity contribution in [3.63, 3.8) is 0 Å². The molecular weight excluding hydrogens is 248 g/mol. The molecule has 2 rings (SSSR count). The maximum atomic E-state index is 11.0. The predicted molar refractivity (Wildman–Crippen MR) is 56.0 cm³/mol. The van der Waals surface area contributed by atoms with E-state index in [2.05, 4.69) is 0 Å². The topological polar surface area (TPSA) is 134 Å². The highest BCUT2D eigenvalue weighted by molar-refractivity contribution is 5.44. The molecule has 1 fully saturated rings. The van der Waals surface area contributed by atoms with E-state index < -0.39 is 47.0 Å². The lowest BCUT2D eigenvalue weighted by Crippen LogP contribution is -2.49. The average Bonchev–Trinajstić information content (AvgIpc) is 2.35. The molecule has 4 atom stereocenters. The molecule has 0 bridgehead atoms. The summed E-state index contributed by atoms with van der Waals surface area (Å²) in [5.74, 6) is -1.18. The third-order valence-corrected chi connectivity index (χ3v) is 2.78. The van der Waals surface area contributed by atoms with Gasteiger partial charge in [-0.25, -0.2) is 0 Å². The molecule has 1 aromatic rings. The summed E-state index contributed by atoms with van der Waals surface area (Å²) in [5.41, 5.74) is -1.94. The summed E-state index contributed by atoms with van der Waals surface area (Å²) in [7, 11) is 0. The third-order valence-electron chi connectivity index (χ3n) is 2.78. The van der Waals surface area contributed by atoms with Crippen molar-refractivity contribution in [3.05, 3.63) is 20.4 Å². The molecule has 0 spiro atoms. The first kappa shape index (κ1) is 13.0. The van der Waals surface area contributed by atoms with E-state index in [0.29, 0.717) is 0 Å². The Morgan fingerprint density at radius 2 is 1.89 bits per heavy atom. The van der Waals surface area contributed by atoms with Crippen LogP contribution in [0.1, 0.15) is 6.42 Å². The average molecular weight is 260 g/mol. The van der Waals surface area contributed by atoms with E-state index >= 15 is 0 Å². The maximum Gasteiger partial charge on any atom is 0.275 e. The standard InChI is InChI=1S/C10H12O8/c11-4-1-3(18-10(16)5(4)12)2-17-9-7(14)6(13)8(9)15/h3-5,10-12,14,16H,1-2H2. The number of aliphatic hydroxyl groups is 3. The Kier molecular flexibility index (Phi) is 3.35. The summed E-state index contributed by atoms with van der Waals surface area (Å²) >= 11 is 0. The third kappa shape index (κ3) is 2.10. The van der Waals surface area contributed by atoms with Crippen molar-refractivity contribution in [3.8, 4) is 11.5 Å². The molecule has 8 nitrogen and oxygen atoms in total. The number of ether oxygens (including phenoxy) is 2. The summed E-state index contributed by atoms with van der Waals surface area (Å²) in [4.78, 5) is 21.6. The fraction of sp³-hybridized carbons (Fsp3) is 0.600. The Bertz CT molecular complexity index is 490. The molecular formula is C10H12O8. The van der Waals surface area contributed by atoms with Crippen molar-refractivity contribution < 1.29 is 29.9 Å². The van der Waals surface area contributed by atoms with Crippen LogP contribution >= 0.6 is 0 Å². The molecule has 0 aliphatic carbocycles. The van der Waals surface area contributed by atoms with E-state index in [1.807, 2.05) is 0 Å². The van der Waals surface area contributed by atoms with Gasteiger partial charge in [0, 0.05) is 6.42 Å². The van der Waals surface area contributed by atoms with E-state index in [4.69, 9.17) is 14.6 Å². The second-order valence-corrected chi connectivity index (χ2v) is 4.09. The van der Waals surface area contributed by atoms with Gasteiger partial charge in [-0.3, -0.25) is 9.59 Å². The van der Waals surface area contributed by atoms with Crippen molar-refractivity contribution in [2.45, 2.75) is 31.0 Å². The fourth-order valence-corrected chi connectivity index (χ4v) is 1.71. The van der Waals surface area contributed by atoms with E-state index in [1.54, 1.807) is 0 Å². The molecule has 0 saturated carbocycles. The quantitative estimate of drug-likeness (QED) is 0.428. The Balaban J connectivity index is 1.92. The van der Waals surface area contributed by atoms with Crippen molar-refractivity contribution in [1.29, 1.82) is 0 Å². The first-order valence-electron chi connectivity index (χ1n) is 5.26. The van der Waals surface area contributed by atoms with Crippen LogP contribution in [0.25, 0.3) is 0 Å². The summed E-state index contributed by atoms with van der Waals surface area (Å²) in [6, 6.07) is 0. The van der Waals surface area contributed by atoms with Crippen LogP contribution in [0.2, 0.25) is 0 Å². The predicted octanol–water partition coefficient (Wildman–Crippen LogP) is -2.80. The molecule has 18 heavy (non-hydrogen) atoms. The van der Waals surface area contributed by atoms with E-state index in [9.17, 15) is 24.9 Å². The zero-order chi connectivity index (χ0) is 13.4. The number of rotatable bonds is 3. The Labute approximate surface area is 100 Å². The highest BCUT2D eigenvalue weighted by atomic mass is 16.6. The van der Waals surface area contributed by atoms with Gasteiger partial charge < -0.3 is 29.9 Å². The Morgan fingerprint density at radius 1 is 1.22 bits per heavy atom. The molecule has 1 saturated heterocycles. The lowest BCUT2D eigenvalue weighted by atomic mass is 10.0. The van der Waals surface area contributed by atoms with Crippen LogP contribution in [0.3, 0.4) is 0 Å². The van der Waals surface area contributed by atoms with Gasteiger partial charge in [0.25, 0.3) is 10.9 Å². The monoisotopic (exact) mass is 260 g/mol. The van der Waals surface area contributed by atoms with Gasteiger partial charge in [-0.05, 0) is 0 Å². The van der Waals surface area contributed by atoms with Gasteiger partial charge in [0.1, 0.15) is 12.7 Å². The molecule has 1 aromatic carbocycles.